The number of aromatic nitrogens is 2. The highest BCUT2D eigenvalue weighted by Crippen LogP contribution is 2.29. The number of carbonyl (C=O) groups is 1. The molecule has 3 rings (SSSR count). The number of fused-ring (bicyclic) bond motifs is 1. The van der Waals surface area contributed by atoms with E-state index in [1.165, 1.54) is 0 Å². The zero-order valence-electron chi connectivity index (χ0n) is 10.3. The third-order valence-corrected chi connectivity index (χ3v) is 3.26. The van der Waals surface area contributed by atoms with Crippen molar-refractivity contribution in [3.63, 3.8) is 0 Å². The van der Waals surface area contributed by atoms with Gasteiger partial charge in [-0.1, -0.05) is 12.1 Å². The van der Waals surface area contributed by atoms with Crippen molar-refractivity contribution in [1.82, 2.24) is 9.38 Å². The van der Waals surface area contributed by atoms with Crippen LogP contribution >= 0.6 is 15.9 Å². The summed E-state index contributed by atoms with van der Waals surface area (Å²) in [5, 5.41) is 0. The number of ether oxygens (including phenoxy) is 1. The molecule has 1 amide bonds. The fourth-order valence-electron chi connectivity index (χ4n) is 1.97. The van der Waals surface area contributed by atoms with Crippen molar-refractivity contribution in [2.24, 2.45) is 5.73 Å². The first kappa shape index (κ1) is 12.7. The first-order valence-electron chi connectivity index (χ1n) is 5.84. The highest BCUT2D eigenvalue weighted by molar-refractivity contribution is 9.10. The average Bonchev–Trinajstić information content (AvgIpc) is 2.81. The quantitative estimate of drug-likeness (QED) is 0.783. The number of pyridine rings is 1. The molecule has 5 nitrogen and oxygen atoms in total. The number of primary amides is 1. The van der Waals surface area contributed by atoms with Crippen LogP contribution in [0, 0.1) is 0 Å². The predicted molar refractivity (Wildman–Crippen MR) is 78.5 cm³/mol. The summed E-state index contributed by atoms with van der Waals surface area (Å²) in [5.74, 6) is 0.391. The van der Waals surface area contributed by atoms with Crippen LogP contribution in [0.2, 0.25) is 0 Å². The maximum absolute atomic E-state index is 10.9. The second-order valence-electron chi connectivity index (χ2n) is 4.16. The first-order valence-corrected chi connectivity index (χ1v) is 6.64. The van der Waals surface area contributed by atoms with Gasteiger partial charge in [-0.2, -0.15) is 0 Å². The fraction of sp³-hybridized carbons (Fsp3) is 0. The molecule has 0 saturated carbocycles. The molecule has 1 aromatic carbocycles. The minimum atomic E-state index is -0.844. The Morgan fingerprint density at radius 1 is 1.20 bits per heavy atom. The normalized spacial score (nSPS) is 10.7. The van der Waals surface area contributed by atoms with Gasteiger partial charge in [0.25, 0.3) is 0 Å². The van der Waals surface area contributed by atoms with Gasteiger partial charge in [0.1, 0.15) is 11.4 Å². The van der Waals surface area contributed by atoms with E-state index in [9.17, 15) is 4.79 Å². The van der Waals surface area contributed by atoms with Gasteiger partial charge in [0.15, 0.2) is 0 Å². The minimum Gasteiger partial charge on any atom is -0.410 e. The number of rotatable bonds is 2. The molecule has 0 saturated heterocycles. The number of hydrogen-bond donors (Lipinski definition) is 1. The molecule has 2 N–H and O–H groups in total. The lowest BCUT2D eigenvalue weighted by Crippen LogP contribution is -2.16. The molecule has 6 heteroatoms. The second kappa shape index (κ2) is 4.97. The molecular weight excluding hydrogens is 322 g/mol. The van der Waals surface area contributed by atoms with Crippen molar-refractivity contribution in [3.8, 4) is 17.0 Å². The molecule has 0 radical (unpaired) electrons. The van der Waals surface area contributed by atoms with Crippen LogP contribution in [0.1, 0.15) is 0 Å². The lowest BCUT2D eigenvalue weighted by molar-refractivity contribution is 0.211. The fourth-order valence-corrected chi connectivity index (χ4v) is 2.32. The molecule has 0 aliphatic heterocycles. The van der Waals surface area contributed by atoms with E-state index in [0.29, 0.717) is 17.0 Å². The summed E-state index contributed by atoms with van der Waals surface area (Å²) in [6.45, 7) is 0. The summed E-state index contributed by atoms with van der Waals surface area (Å²) in [6.07, 6.45) is 2.93. The molecule has 3 aromatic rings. The molecule has 2 heterocycles. The molecule has 100 valence electrons. The average molecular weight is 332 g/mol. The maximum atomic E-state index is 10.9. The molecule has 0 aliphatic carbocycles. The summed E-state index contributed by atoms with van der Waals surface area (Å²) in [5.41, 5.74) is 7.30. The van der Waals surface area contributed by atoms with Gasteiger partial charge in [0, 0.05) is 22.4 Å². The number of amides is 1. The van der Waals surface area contributed by atoms with Gasteiger partial charge in [-0.25, -0.2) is 9.78 Å². The Balaban J connectivity index is 2.13. The van der Waals surface area contributed by atoms with Gasteiger partial charge in [-0.15, -0.1) is 0 Å². The van der Waals surface area contributed by atoms with E-state index in [1.54, 1.807) is 12.1 Å². The Labute approximate surface area is 123 Å². The Hall–Kier alpha value is -2.34. The molecule has 20 heavy (non-hydrogen) atoms. The first-order chi connectivity index (χ1) is 9.63. The van der Waals surface area contributed by atoms with Gasteiger partial charge in [-0.3, -0.25) is 0 Å². The summed E-state index contributed by atoms with van der Waals surface area (Å²) < 4.78 is 7.84. The van der Waals surface area contributed by atoms with E-state index in [2.05, 4.69) is 20.9 Å². The van der Waals surface area contributed by atoms with Gasteiger partial charge < -0.3 is 14.9 Å². The standard InChI is InChI=1S/C14H10BrN3O2/c15-9-5-6-13-17-11(8-18(13)7-9)10-3-1-2-4-12(10)20-14(16)19/h1-8H,(H2,16,19). The lowest BCUT2D eigenvalue weighted by Gasteiger charge is -2.05. The van der Waals surface area contributed by atoms with E-state index < -0.39 is 6.09 Å². The van der Waals surface area contributed by atoms with Crippen molar-refractivity contribution in [1.29, 1.82) is 0 Å². The van der Waals surface area contributed by atoms with Crippen LogP contribution in [0.15, 0.2) is 53.3 Å². The summed E-state index contributed by atoms with van der Waals surface area (Å²) in [6, 6.07) is 10.9. The van der Waals surface area contributed by atoms with E-state index >= 15 is 0 Å². The molecule has 0 aliphatic rings. The molecule has 0 atom stereocenters. The number of carbonyl (C=O) groups excluding carboxylic acids is 1. The van der Waals surface area contributed by atoms with Gasteiger partial charge in [0.05, 0.1) is 5.69 Å². The monoisotopic (exact) mass is 331 g/mol. The van der Waals surface area contributed by atoms with E-state index in [0.717, 1.165) is 10.1 Å². The molecule has 0 unspecified atom stereocenters. The number of halogens is 1. The van der Waals surface area contributed by atoms with Crippen LogP contribution in [0.5, 0.6) is 5.75 Å². The Bertz CT molecular complexity index is 798. The van der Waals surface area contributed by atoms with Crippen molar-refractivity contribution in [3.05, 3.63) is 53.3 Å². The zero-order valence-corrected chi connectivity index (χ0v) is 11.9. The molecule has 0 fully saturated rings. The maximum Gasteiger partial charge on any atom is 0.409 e. The zero-order chi connectivity index (χ0) is 14.1. The van der Waals surface area contributed by atoms with Gasteiger partial charge in [-0.05, 0) is 40.2 Å². The van der Waals surface area contributed by atoms with Crippen LogP contribution in [0.4, 0.5) is 4.79 Å². The van der Waals surface area contributed by atoms with Gasteiger partial charge in [0.2, 0.25) is 0 Å². The third kappa shape index (κ3) is 2.37. The number of imidazole rings is 1. The van der Waals surface area contributed by atoms with E-state index in [4.69, 9.17) is 10.5 Å². The van der Waals surface area contributed by atoms with Gasteiger partial charge >= 0.3 is 6.09 Å². The number of nitrogens with two attached hydrogens (primary N) is 1. The summed E-state index contributed by atoms with van der Waals surface area (Å²) in [4.78, 5) is 15.4. The molecule has 2 aromatic heterocycles. The summed E-state index contributed by atoms with van der Waals surface area (Å²) >= 11 is 3.41. The Kier molecular flexibility index (Phi) is 3.15. The number of para-hydroxylation sites is 1. The minimum absolute atomic E-state index is 0.391. The number of benzene rings is 1. The van der Waals surface area contributed by atoms with E-state index in [1.807, 2.05) is 41.1 Å². The SMILES string of the molecule is NC(=O)Oc1ccccc1-c1cn2cc(Br)ccc2n1. The lowest BCUT2D eigenvalue weighted by atomic mass is 10.1. The highest BCUT2D eigenvalue weighted by Gasteiger charge is 2.11. The smallest absolute Gasteiger partial charge is 0.409 e. The van der Waals surface area contributed by atoms with E-state index in [-0.39, 0.29) is 0 Å². The van der Waals surface area contributed by atoms with Crippen molar-refractivity contribution in [2.45, 2.75) is 0 Å². The van der Waals surface area contributed by atoms with Crippen molar-refractivity contribution < 1.29 is 9.53 Å². The second-order valence-corrected chi connectivity index (χ2v) is 5.07. The molecule has 0 spiro atoms. The van der Waals surface area contributed by atoms with Crippen LogP contribution in [0.25, 0.3) is 16.9 Å². The van der Waals surface area contributed by atoms with Crippen LogP contribution in [-0.4, -0.2) is 15.5 Å². The number of nitrogens with zero attached hydrogens (tertiary/aromatic N) is 2. The van der Waals surface area contributed by atoms with Crippen molar-refractivity contribution >= 4 is 27.7 Å². The van der Waals surface area contributed by atoms with Crippen LogP contribution < -0.4 is 10.5 Å². The Morgan fingerprint density at radius 3 is 2.80 bits per heavy atom. The third-order valence-electron chi connectivity index (χ3n) is 2.79. The number of hydrogen-bond acceptors (Lipinski definition) is 3. The summed E-state index contributed by atoms with van der Waals surface area (Å²) in [7, 11) is 0. The van der Waals surface area contributed by atoms with Crippen LogP contribution in [0.3, 0.4) is 0 Å². The topological polar surface area (TPSA) is 69.6 Å². The van der Waals surface area contributed by atoms with Crippen LogP contribution in [-0.2, 0) is 0 Å². The predicted octanol–water partition coefficient (Wildman–Crippen LogP) is 3.22. The molecular formula is C14H10BrN3O2. The highest BCUT2D eigenvalue weighted by atomic mass is 79.9. The Morgan fingerprint density at radius 2 is 2.00 bits per heavy atom. The molecule has 0 bridgehead atoms. The largest absolute Gasteiger partial charge is 0.410 e. The van der Waals surface area contributed by atoms with Crippen molar-refractivity contribution in [2.75, 3.05) is 0 Å².